The van der Waals surface area contributed by atoms with Crippen molar-refractivity contribution in [2.45, 2.75) is 12.9 Å². The van der Waals surface area contributed by atoms with Crippen LogP contribution in [0.1, 0.15) is 15.9 Å². The zero-order valence-corrected chi connectivity index (χ0v) is 19.3. The van der Waals surface area contributed by atoms with Crippen LogP contribution in [0.15, 0.2) is 53.5 Å². The van der Waals surface area contributed by atoms with E-state index in [9.17, 15) is 18.0 Å². The molecular formula is C20H24F3IN4O3. The lowest BCUT2D eigenvalue weighted by atomic mass is 10.2. The predicted octanol–water partition coefficient (Wildman–Crippen LogP) is 3.31. The van der Waals surface area contributed by atoms with Crippen molar-refractivity contribution in [3.63, 3.8) is 0 Å². The van der Waals surface area contributed by atoms with Crippen molar-refractivity contribution in [3.05, 3.63) is 59.7 Å². The number of methoxy groups -OCH3 is 1. The second-order valence-electron chi connectivity index (χ2n) is 6.00. The number of carbonyl (C=O) groups is 1. The molecule has 0 aliphatic heterocycles. The third kappa shape index (κ3) is 9.32. The lowest BCUT2D eigenvalue weighted by Gasteiger charge is -2.15. The molecule has 0 fully saturated rings. The van der Waals surface area contributed by atoms with E-state index in [1.165, 1.54) is 32.4 Å². The standard InChI is InChI=1S/C20H23F3N4O3.HI/c1-24-19(27-13-15-6-3-4-9-17(15)30-20(21,22)23)26-11-10-25-18(28)14-7-5-8-16(12-14)29-2;/h3-9,12H,10-11,13H2,1-2H3,(H,25,28)(H2,24,26,27);1H. The fourth-order valence-electron chi connectivity index (χ4n) is 2.50. The Balaban J connectivity index is 0.00000480. The van der Waals surface area contributed by atoms with Crippen molar-refractivity contribution in [2.24, 2.45) is 4.99 Å². The highest BCUT2D eigenvalue weighted by Gasteiger charge is 2.31. The summed E-state index contributed by atoms with van der Waals surface area (Å²) in [4.78, 5) is 16.2. The van der Waals surface area contributed by atoms with E-state index in [0.717, 1.165) is 0 Å². The van der Waals surface area contributed by atoms with Gasteiger partial charge in [0, 0.05) is 37.8 Å². The molecule has 0 saturated carbocycles. The lowest BCUT2D eigenvalue weighted by Crippen LogP contribution is -2.41. The predicted molar refractivity (Wildman–Crippen MR) is 122 cm³/mol. The number of hydrogen-bond acceptors (Lipinski definition) is 4. The van der Waals surface area contributed by atoms with E-state index in [0.29, 0.717) is 35.9 Å². The SMILES string of the molecule is CN=C(NCCNC(=O)c1cccc(OC)c1)NCc1ccccc1OC(F)(F)F.I. The van der Waals surface area contributed by atoms with Gasteiger partial charge in [-0.1, -0.05) is 24.3 Å². The number of aliphatic imine (C=N–C) groups is 1. The molecule has 2 rings (SSSR count). The van der Waals surface area contributed by atoms with Gasteiger partial charge in [-0.3, -0.25) is 9.79 Å². The summed E-state index contributed by atoms with van der Waals surface area (Å²) >= 11 is 0. The largest absolute Gasteiger partial charge is 0.573 e. The molecule has 11 heteroatoms. The van der Waals surface area contributed by atoms with Gasteiger partial charge in [-0.15, -0.1) is 37.1 Å². The van der Waals surface area contributed by atoms with Crippen LogP contribution < -0.4 is 25.4 Å². The normalized spacial score (nSPS) is 11.2. The van der Waals surface area contributed by atoms with E-state index in [4.69, 9.17) is 4.74 Å². The third-order valence-electron chi connectivity index (χ3n) is 3.90. The van der Waals surface area contributed by atoms with Gasteiger partial charge in [0.1, 0.15) is 11.5 Å². The van der Waals surface area contributed by atoms with Crippen LogP contribution in [0.4, 0.5) is 13.2 Å². The Bertz CT molecular complexity index is 879. The maximum atomic E-state index is 12.5. The summed E-state index contributed by atoms with van der Waals surface area (Å²) in [6.45, 7) is 0.739. The van der Waals surface area contributed by atoms with E-state index in [1.807, 2.05) is 0 Å². The summed E-state index contributed by atoms with van der Waals surface area (Å²) in [6.07, 6.45) is -4.77. The average molecular weight is 552 g/mol. The molecule has 0 atom stereocenters. The number of para-hydroxylation sites is 1. The number of ether oxygens (including phenoxy) is 2. The van der Waals surface area contributed by atoms with E-state index in [2.05, 4.69) is 25.7 Å². The first-order valence-corrected chi connectivity index (χ1v) is 9.03. The average Bonchev–Trinajstić information content (AvgIpc) is 2.73. The molecule has 7 nitrogen and oxygen atoms in total. The molecule has 0 heterocycles. The van der Waals surface area contributed by atoms with E-state index in [-0.39, 0.29) is 42.2 Å². The van der Waals surface area contributed by atoms with Crippen molar-refractivity contribution in [1.29, 1.82) is 0 Å². The molecule has 0 bridgehead atoms. The number of alkyl halides is 3. The molecular weight excluding hydrogens is 528 g/mol. The summed E-state index contributed by atoms with van der Waals surface area (Å²) in [5, 5.41) is 8.64. The van der Waals surface area contributed by atoms with Gasteiger partial charge >= 0.3 is 6.36 Å². The summed E-state index contributed by atoms with van der Waals surface area (Å²) in [6, 6.07) is 12.6. The Kier molecular flexibility index (Phi) is 10.9. The van der Waals surface area contributed by atoms with Gasteiger partial charge in [-0.25, -0.2) is 0 Å². The highest BCUT2D eigenvalue weighted by molar-refractivity contribution is 14.0. The van der Waals surface area contributed by atoms with Gasteiger partial charge in [0.15, 0.2) is 5.96 Å². The molecule has 170 valence electrons. The van der Waals surface area contributed by atoms with Crippen LogP contribution >= 0.6 is 24.0 Å². The summed E-state index contributed by atoms with van der Waals surface area (Å²) in [5.74, 6) is 0.419. The van der Waals surface area contributed by atoms with Gasteiger partial charge in [0.05, 0.1) is 7.11 Å². The minimum Gasteiger partial charge on any atom is -0.497 e. The molecule has 0 spiro atoms. The molecule has 0 aliphatic carbocycles. The molecule has 0 aromatic heterocycles. The fourth-order valence-corrected chi connectivity index (χ4v) is 2.50. The van der Waals surface area contributed by atoms with Crippen molar-refractivity contribution >= 4 is 35.8 Å². The van der Waals surface area contributed by atoms with Gasteiger partial charge in [0.25, 0.3) is 5.91 Å². The van der Waals surface area contributed by atoms with E-state index in [1.54, 1.807) is 30.3 Å². The number of carbonyl (C=O) groups excluding carboxylic acids is 1. The number of guanidine groups is 1. The number of benzene rings is 2. The van der Waals surface area contributed by atoms with Crippen LogP contribution in [0.3, 0.4) is 0 Å². The number of rotatable bonds is 8. The van der Waals surface area contributed by atoms with Crippen LogP contribution in [-0.2, 0) is 6.54 Å². The molecule has 2 aromatic carbocycles. The number of nitrogens with one attached hydrogen (secondary N) is 3. The zero-order valence-electron chi connectivity index (χ0n) is 17.0. The molecule has 0 aliphatic rings. The Morgan fingerprint density at radius 1 is 1.03 bits per heavy atom. The summed E-state index contributed by atoms with van der Waals surface area (Å²) < 4.78 is 46.6. The monoisotopic (exact) mass is 552 g/mol. The second kappa shape index (κ2) is 12.9. The quantitative estimate of drug-likeness (QED) is 0.203. The number of amides is 1. The molecule has 1 amide bonds. The van der Waals surface area contributed by atoms with Gasteiger partial charge in [-0.05, 0) is 24.3 Å². The first kappa shape index (κ1) is 26.3. The topological polar surface area (TPSA) is 84.0 Å². The molecule has 0 radical (unpaired) electrons. The molecule has 0 saturated heterocycles. The number of halogens is 4. The first-order valence-electron chi connectivity index (χ1n) is 9.03. The van der Waals surface area contributed by atoms with E-state index < -0.39 is 6.36 Å². The zero-order chi connectivity index (χ0) is 22.0. The number of nitrogens with zero attached hydrogens (tertiary/aromatic N) is 1. The van der Waals surface area contributed by atoms with Gasteiger partial charge in [0.2, 0.25) is 0 Å². The van der Waals surface area contributed by atoms with Crippen LogP contribution in [0.5, 0.6) is 11.5 Å². The Morgan fingerprint density at radius 2 is 1.74 bits per heavy atom. The molecule has 0 unspecified atom stereocenters. The van der Waals surface area contributed by atoms with Crippen LogP contribution in [0, 0.1) is 0 Å². The Labute approximate surface area is 195 Å². The fraction of sp³-hybridized carbons (Fsp3) is 0.300. The van der Waals surface area contributed by atoms with Gasteiger partial charge in [-0.2, -0.15) is 0 Å². The first-order chi connectivity index (χ1) is 14.3. The summed E-state index contributed by atoms with van der Waals surface area (Å²) in [5.41, 5.74) is 0.794. The highest BCUT2D eigenvalue weighted by atomic mass is 127. The minimum absolute atomic E-state index is 0. The Hall–Kier alpha value is -2.70. The van der Waals surface area contributed by atoms with E-state index >= 15 is 0 Å². The van der Waals surface area contributed by atoms with Crippen LogP contribution in [0.25, 0.3) is 0 Å². The van der Waals surface area contributed by atoms with Crippen molar-refractivity contribution in [3.8, 4) is 11.5 Å². The molecule has 31 heavy (non-hydrogen) atoms. The van der Waals surface area contributed by atoms with Crippen molar-refractivity contribution < 1.29 is 27.4 Å². The maximum Gasteiger partial charge on any atom is 0.573 e. The summed E-state index contributed by atoms with van der Waals surface area (Å²) in [7, 11) is 3.05. The van der Waals surface area contributed by atoms with Crippen LogP contribution in [-0.4, -0.2) is 45.5 Å². The minimum atomic E-state index is -4.77. The highest BCUT2D eigenvalue weighted by Crippen LogP contribution is 2.26. The maximum absolute atomic E-state index is 12.5. The van der Waals surface area contributed by atoms with Crippen molar-refractivity contribution in [1.82, 2.24) is 16.0 Å². The Morgan fingerprint density at radius 3 is 2.42 bits per heavy atom. The number of hydrogen-bond donors (Lipinski definition) is 3. The lowest BCUT2D eigenvalue weighted by molar-refractivity contribution is -0.274. The smallest absolute Gasteiger partial charge is 0.497 e. The molecule has 3 N–H and O–H groups in total. The second-order valence-corrected chi connectivity index (χ2v) is 6.00. The van der Waals surface area contributed by atoms with Gasteiger partial charge < -0.3 is 25.4 Å². The van der Waals surface area contributed by atoms with Crippen LogP contribution in [0.2, 0.25) is 0 Å². The van der Waals surface area contributed by atoms with Crippen molar-refractivity contribution in [2.75, 3.05) is 27.2 Å². The third-order valence-corrected chi connectivity index (χ3v) is 3.90. The molecule has 2 aromatic rings.